The summed E-state index contributed by atoms with van der Waals surface area (Å²) in [6.45, 7) is 8.16. The van der Waals surface area contributed by atoms with Crippen LogP contribution in [0.4, 0.5) is 5.69 Å². The van der Waals surface area contributed by atoms with E-state index in [-0.39, 0.29) is 5.91 Å². The van der Waals surface area contributed by atoms with Crippen LogP contribution in [-0.4, -0.2) is 30.9 Å². The minimum Gasteiger partial charge on any atom is -0.326 e. The lowest BCUT2D eigenvalue weighted by molar-refractivity contribution is -0.116. The Kier molecular flexibility index (Phi) is 6.57. The Bertz CT molecular complexity index is 415. The van der Waals surface area contributed by atoms with E-state index < -0.39 is 0 Å². The Morgan fingerprint density at radius 1 is 1.26 bits per heavy atom. The van der Waals surface area contributed by atoms with Gasteiger partial charge < -0.3 is 10.2 Å². The minimum absolute atomic E-state index is 0.0945. The summed E-state index contributed by atoms with van der Waals surface area (Å²) in [5.41, 5.74) is 3.29. The average Bonchev–Trinajstić information content (AvgIpc) is 2.39. The molecule has 0 saturated carbocycles. The minimum atomic E-state index is 0.0945. The number of anilines is 1. The number of amides is 1. The quantitative estimate of drug-likeness (QED) is 0.817. The Hall–Kier alpha value is -1.35. The van der Waals surface area contributed by atoms with Crippen molar-refractivity contribution in [3.8, 4) is 0 Å². The van der Waals surface area contributed by atoms with Crippen molar-refractivity contribution in [3.05, 3.63) is 29.3 Å². The lowest BCUT2D eigenvalue weighted by Gasteiger charge is -2.16. The van der Waals surface area contributed by atoms with Crippen LogP contribution >= 0.6 is 0 Å². The molecule has 19 heavy (non-hydrogen) atoms. The van der Waals surface area contributed by atoms with Gasteiger partial charge in [0.05, 0.1) is 0 Å². The van der Waals surface area contributed by atoms with Crippen molar-refractivity contribution in [1.82, 2.24) is 4.90 Å². The first-order chi connectivity index (χ1) is 9.04. The molecule has 0 aliphatic rings. The normalized spacial score (nSPS) is 10.8. The zero-order chi connectivity index (χ0) is 14.3. The van der Waals surface area contributed by atoms with Crippen LogP contribution in [0.3, 0.4) is 0 Å². The fraction of sp³-hybridized carbons (Fsp3) is 0.562. The van der Waals surface area contributed by atoms with Gasteiger partial charge in [-0.25, -0.2) is 0 Å². The SMILES string of the molecule is CCCCN(C)CCC(=O)Nc1cccc(C)c1C. The van der Waals surface area contributed by atoms with E-state index in [0.717, 1.165) is 24.3 Å². The summed E-state index contributed by atoms with van der Waals surface area (Å²) in [5, 5.41) is 3.00. The molecule has 1 amide bonds. The van der Waals surface area contributed by atoms with Gasteiger partial charge in [0.1, 0.15) is 0 Å². The van der Waals surface area contributed by atoms with Crippen molar-refractivity contribution in [2.45, 2.75) is 40.0 Å². The summed E-state index contributed by atoms with van der Waals surface area (Å²) in [6, 6.07) is 6.00. The molecule has 0 radical (unpaired) electrons. The first-order valence-electron chi connectivity index (χ1n) is 7.09. The highest BCUT2D eigenvalue weighted by molar-refractivity contribution is 5.91. The van der Waals surface area contributed by atoms with Crippen LogP contribution in [0.25, 0.3) is 0 Å². The van der Waals surface area contributed by atoms with Gasteiger partial charge in [-0.05, 0) is 51.1 Å². The van der Waals surface area contributed by atoms with E-state index in [9.17, 15) is 4.79 Å². The first kappa shape index (κ1) is 15.7. The van der Waals surface area contributed by atoms with E-state index in [1.165, 1.54) is 18.4 Å². The molecule has 1 aromatic rings. The molecule has 3 nitrogen and oxygen atoms in total. The molecule has 1 rings (SSSR count). The second-order valence-electron chi connectivity index (χ2n) is 5.20. The maximum atomic E-state index is 11.9. The first-order valence-corrected chi connectivity index (χ1v) is 7.09. The number of hydrogen-bond acceptors (Lipinski definition) is 2. The van der Waals surface area contributed by atoms with Crippen molar-refractivity contribution in [2.24, 2.45) is 0 Å². The average molecular weight is 262 g/mol. The predicted octanol–water partition coefficient (Wildman–Crippen LogP) is 3.36. The molecule has 0 unspecified atom stereocenters. The molecular formula is C16H26N2O. The van der Waals surface area contributed by atoms with Crippen LogP contribution < -0.4 is 5.32 Å². The van der Waals surface area contributed by atoms with Gasteiger partial charge in [0.25, 0.3) is 0 Å². The molecule has 0 spiro atoms. The largest absolute Gasteiger partial charge is 0.326 e. The monoisotopic (exact) mass is 262 g/mol. The third kappa shape index (κ3) is 5.43. The van der Waals surface area contributed by atoms with Crippen molar-refractivity contribution in [1.29, 1.82) is 0 Å². The molecule has 106 valence electrons. The topological polar surface area (TPSA) is 32.3 Å². The van der Waals surface area contributed by atoms with Crippen molar-refractivity contribution in [2.75, 3.05) is 25.5 Å². The molecule has 0 aromatic heterocycles. The number of carbonyl (C=O) groups excluding carboxylic acids is 1. The van der Waals surface area contributed by atoms with Crippen LogP contribution in [-0.2, 0) is 4.79 Å². The van der Waals surface area contributed by atoms with Crippen molar-refractivity contribution >= 4 is 11.6 Å². The summed E-state index contributed by atoms with van der Waals surface area (Å²) in [7, 11) is 2.07. The number of rotatable bonds is 7. The molecule has 0 saturated heterocycles. The maximum absolute atomic E-state index is 11.9. The summed E-state index contributed by atoms with van der Waals surface area (Å²) in [6.07, 6.45) is 2.93. The van der Waals surface area contributed by atoms with Crippen LogP contribution in [0.5, 0.6) is 0 Å². The van der Waals surface area contributed by atoms with Crippen LogP contribution in [0, 0.1) is 13.8 Å². The van der Waals surface area contributed by atoms with Gasteiger partial charge in [0, 0.05) is 18.7 Å². The highest BCUT2D eigenvalue weighted by Crippen LogP contribution is 2.17. The van der Waals surface area contributed by atoms with Gasteiger partial charge in [-0.3, -0.25) is 4.79 Å². The summed E-state index contributed by atoms with van der Waals surface area (Å²) in [5.74, 6) is 0.0945. The summed E-state index contributed by atoms with van der Waals surface area (Å²) >= 11 is 0. The zero-order valence-corrected chi connectivity index (χ0v) is 12.6. The molecule has 0 heterocycles. The fourth-order valence-corrected chi connectivity index (χ4v) is 1.93. The smallest absolute Gasteiger partial charge is 0.225 e. The second-order valence-corrected chi connectivity index (χ2v) is 5.20. The van der Waals surface area contributed by atoms with E-state index in [1.54, 1.807) is 0 Å². The van der Waals surface area contributed by atoms with E-state index in [2.05, 4.69) is 37.2 Å². The van der Waals surface area contributed by atoms with Gasteiger partial charge in [-0.1, -0.05) is 25.5 Å². The molecule has 1 aromatic carbocycles. The molecule has 3 heteroatoms. The standard InChI is InChI=1S/C16H26N2O/c1-5-6-11-18(4)12-10-16(19)17-15-9-7-8-13(2)14(15)3/h7-9H,5-6,10-12H2,1-4H3,(H,17,19). The number of benzene rings is 1. The predicted molar refractivity (Wildman–Crippen MR) is 81.6 cm³/mol. The lowest BCUT2D eigenvalue weighted by Crippen LogP contribution is -2.25. The third-order valence-corrected chi connectivity index (χ3v) is 3.49. The highest BCUT2D eigenvalue weighted by Gasteiger charge is 2.07. The Morgan fingerprint density at radius 3 is 2.68 bits per heavy atom. The number of hydrogen-bond donors (Lipinski definition) is 1. The molecule has 0 fully saturated rings. The molecule has 0 atom stereocenters. The number of aryl methyl sites for hydroxylation is 1. The Morgan fingerprint density at radius 2 is 2.00 bits per heavy atom. The van der Waals surface area contributed by atoms with Gasteiger partial charge in [0.2, 0.25) is 5.91 Å². The van der Waals surface area contributed by atoms with E-state index >= 15 is 0 Å². The number of nitrogens with one attached hydrogen (secondary N) is 1. The van der Waals surface area contributed by atoms with E-state index in [1.807, 2.05) is 19.1 Å². The summed E-state index contributed by atoms with van der Waals surface area (Å²) in [4.78, 5) is 14.1. The Labute approximate surface area is 117 Å². The van der Waals surface area contributed by atoms with E-state index in [0.29, 0.717) is 6.42 Å². The maximum Gasteiger partial charge on any atom is 0.225 e. The van der Waals surface area contributed by atoms with Crippen molar-refractivity contribution in [3.63, 3.8) is 0 Å². The molecular weight excluding hydrogens is 236 g/mol. The highest BCUT2D eigenvalue weighted by atomic mass is 16.1. The molecule has 1 N–H and O–H groups in total. The van der Waals surface area contributed by atoms with E-state index in [4.69, 9.17) is 0 Å². The molecule has 0 aliphatic carbocycles. The summed E-state index contributed by atoms with van der Waals surface area (Å²) < 4.78 is 0. The lowest BCUT2D eigenvalue weighted by atomic mass is 10.1. The van der Waals surface area contributed by atoms with Crippen LogP contribution in [0.15, 0.2) is 18.2 Å². The second kappa shape index (κ2) is 7.95. The van der Waals surface area contributed by atoms with Crippen molar-refractivity contribution < 1.29 is 4.79 Å². The number of unbranched alkanes of at least 4 members (excludes halogenated alkanes) is 1. The third-order valence-electron chi connectivity index (χ3n) is 3.49. The number of carbonyl (C=O) groups is 1. The number of nitrogens with zero attached hydrogens (tertiary/aromatic N) is 1. The molecule has 0 aliphatic heterocycles. The fourth-order valence-electron chi connectivity index (χ4n) is 1.93. The van der Waals surface area contributed by atoms with Gasteiger partial charge in [-0.2, -0.15) is 0 Å². The Balaban J connectivity index is 2.41. The van der Waals surface area contributed by atoms with Gasteiger partial charge in [-0.15, -0.1) is 0 Å². The van der Waals surface area contributed by atoms with Gasteiger partial charge in [0.15, 0.2) is 0 Å². The zero-order valence-electron chi connectivity index (χ0n) is 12.6. The van der Waals surface area contributed by atoms with Crippen LogP contribution in [0.1, 0.15) is 37.3 Å². The van der Waals surface area contributed by atoms with Crippen LogP contribution in [0.2, 0.25) is 0 Å². The van der Waals surface area contributed by atoms with Gasteiger partial charge >= 0.3 is 0 Å². The molecule has 0 bridgehead atoms.